The normalized spacial score (nSPS) is 14.5. The molecule has 1 saturated heterocycles. The van der Waals surface area contributed by atoms with Crippen LogP contribution in [0.1, 0.15) is 40.7 Å². The molecule has 3 aromatic rings. The van der Waals surface area contributed by atoms with Gasteiger partial charge < -0.3 is 5.32 Å². The van der Waals surface area contributed by atoms with E-state index in [1.54, 1.807) is 54.6 Å². The summed E-state index contributed by atoms with van der Waals surface area (Å²) in [5.41, 5.74) is 3.15. The standard InChI is InChI=1S/C27H31N3O3S/c1-29(34(32,33)26-11-4-2-5-12-26)25-10-8-9-24(19-25)27(31)28-20-22-13-15-23(16-14-22)21-30-17-6-3-7-18-30/h2,4-5,8-16,19H,3,6-7,17-18,20-21H2,1H3,(H,28,31). The summed E-state index contributed by atoms with van der Waals surface area (Å²) in [5.74, 6) is -0.246. The molecular weight excluding hydrogens is 446 g/mol. The molecule has 0 unspecified atom stereocenters. The van der Waals surface area contributed by atoms with Crippen LogP contribution in [0.15, 0.2) is 83.8 Å². The van der Waals surface area contributed by atoms with Crippen molar-refractivity contribution in [3.63, 3.8) is 0 Å². The van der Waals surface area contributed by atoms with E-state index in [0.717, 1.165) is 12.1 Å². The minimum absolute atomic E-state index is 0.205. The highest BCUT2D eigenvalue weighted by Gasteiger charge is 2.21. The maximum absolute atomic E-state index is 12.9. The third kappa shape index (κ3) is 5.85. The van der Waals surface area contributed by atoms with Crippen LogP contribution in [-0.2, 0) is 23.1 Å². The second-order valence-electron chi connectivity index (χ2n) is 8.67. The molecule has 0 atom stereocenters. The number of carbonyl (C=O) groups excluding carboxylic acids is 1. The van der Waals surface area contributed by atoms with Gasteiger partial charge in [0.25, 0.3) is 15.9 Å². The molecule has 7 heteroatoms. The number of likely N-dealkylation sites (tertiary alicyclic amines) is 1. The Bertz CT molecular complexity index is 1210. The second-order valence-corrected chi connectivity index (χ2v) is 10.6. The summed E-state index contributed by atoms with van der Waals surface area (Å²) >= 11 is 0. The van der Waals surface area contributed by atoms with Crippen molar-refractivity contribution in [3.05, 3.63) is 95.6 Å². The maximum atomic E-state index is 12.9. The Balaban J connectivity index is 1.37. The minimum Gasteiger partial charge on any atom is -0.348 e. The first kappa shape index (κ1) is 24.0. The Kier molecular flexibility index (Phi) is 7.65. The number of nitrogens with zero attached hydrogens (tertiary/aromatic N) is 2. The smallest absolute Gasteiger partial charge is 0.264 e. The SMILES string of the molecule is CN(c1cccc(C(=O)NCc2ccc(CN3CCCCC3)cc2)c1)S(=O)(=O)c1ccccc1. The average Bonchev–Trinajstić information content (AvgIpc) is 2.89. The van der Waals surface area contributed by atoms with Gasteiger partial charge in [0.1, 0.15) is 0 Å². The molecule has 34 heavy (non-hydrogen) atoms. The summed E-state index contributed by atoms with van der Waals surface area (Å²) in [6.07, 6.45) is 3.88. The fourth-order valence-corrected chi connectivity index (χ4v) is 5.36. The van der Waals surface area contributed by atoms with Crippen molar-refractivity contribution in [2.24, 2.45) is 0 Å². The Labute approximate surface area is 202 Å². The Morgan fingerprint density at radius 3 is 2.26 bits per heavy atom. The molecule has 6 nitrogen and oxygen atoms in total. The molecule has 178 valence electrons. The lowest BCUT2D eigenvalue weighted by molar-refractivity contribution is 0.0951. The van der Waals surface area contributed by atoms with Gasteiger partial charge in [-0.15, -0.1) is 0 Å². The van der Waals surface area contributed by atoms with Crippen LogP contribution in [0, 0.1) is 0 Å². The second kappa shape index (κ2) is 10.8. The number of sulfonamides is 1. The molecule has 1 aliphatic heterocycles. The lowest BCUT2D eigenvalue weighted by Crippen LogP contribution is -2.29. The summed E-state index contributed by atoms with van der Waals surface area (Å²) < 4.78 is 27.0. The van der Waals surface area contributed by atoms with E-state index in [2.05, 4.69) is 34.5 Å². The van der Waals surface area contributed by atoms with Gasteiger partial charge in [-0.1, -0.05) is 55.0 Å². The van der Waals surface area contributed by atoms with Gasteiger partial charge in [-0.2, -0.15) is 0 Å². The average molecular weight is 478 g/mol. The van der Waals surface area contributed by atoms with Gasteiger partial charge in [0.15, 0.2) is 0 Å². The topological polar surface area (TPSA) is 69.7 Å². The maximum Gasteiger partial charge on any atom is 0.264 e. The van der Waals surface area contributed by atoms with Crippen molar-refractivity contribution < 1.29 is 13.2 Å². The van der Waals surface area contributed by atoms with Crippen LogP contribution in [0.3, 0.4) is 0 Å². The molecule has 0 aliphatic carbocycles. The summed E-state index contributed by atoms with van der Waals surface area (Å²) in [6.45, 7) is 3.71. The van der Waals surface area contributed by atoms with E-state index in [1.807, 2.05) is 0 Å². The summed E-state index contributed by atoms with van der Waals surface area (Å²) in [6, 6.07) is 23.3. The van der Waals surface area contributed by atoms with E-state index in [1.165, 1.54) is 49.3 Å². The van der Waals surface area contributed by atoms with E-state index in [0.29, 0.717) is 17.8 Å². The number of rotatable bonds is 8. The van der Waals surface area contributed by atoms with Crippen LogP contribution in [0.25, 0.3) is 0 Å². The number of piperidine rings is 1. The number of nitrogens with one attached hydrogen (secondary N) is 1. The van der Waals surface area contributed by atoms with Crippen molar-refractivity contribution >= 4 is 21.6 Å². The van der Waals surface area contributed by atoms with Crippen molar-refractivity contribution in [3.8, 4) is 0 Å². The molecule has 4 rings (SSSR count). The van der Waals surface area contributed by atoms with E-state index in [4.69, 9.17) is 0 Å². The van der Waals surface area contributed by atoms with Gasteiger partial charge in [-0.25, -0.2) is 8.42 Å². The number of hydrogen-bond acceptors (Lipinski definition) is 4. The van der Waals surface area contributed by atoms with Gasteiger partial charge in [0, 0.05) is 25.7 Å². The van der Waals surface area contributed by atoms with Crippen LogP contribution < -0.4 is 9.62 Å². The monoisotopic (exact) mass is 477 g/mol. The number of benzene rings is 3. The number of anilines is 1. The predicted octanol–water partition coefficient (Wildman–Crippen LogP) is 4.43. The zero-order chi connectivity index (χ0) is 24.0. The highest BCUT2D eigenvalue weighted by molar-refractivity contribution is 7.92. The highest BCUT2D eigenvalue weighted by atomic mass is 32.2. The number of hydrogen-bond donors (Lipinski definition) is 1. The Morgan fingerprint density at radius 1 is 0.882 bits per heavy atom. The molecule has 1 amide bonds. The van der Waals surface area contributed by atoms with Crippen LogP contribution in [-0.4, -0.2) is 39.4 Å². The first-order chi connectivity index (χ1) is 16.4. The van der Waals surface area contributed by atoms with Gasteiger partial charge in [0.05, 0.1) is 10.6 Å². The molecule has 0 aromatic heterocycles. The molecule has 3 aromatic carbocycles. The molecule has 1 N–H and O–H groups in total. The third-order valence-corrected chi connectivity index (χ3v) is 8.00. The molecular formula is C27H31N3O3S. The molecule has 0 bridgehead atoms. The largest absolute Gasteiger partial charge is 0.348 e. The van der Waals surface area contributed by atoms with E-state index >= 15 is 0 Å². The molecule has 0 spiro atoms. The Hall–Kier alpha value is -3.16. The molecule has 1 fully saturated rings. The van der Waals surface area contributed by atoms with Crippen LogP contribution in [0.2, 0.25) is 0 Å². The molecule has 1 aliphatic rings. The zero-order valence-corrected chi connectivity index (χ0v) is 20.3. The number of amides is 1. The van der Waals surface area contributed by atoms with E-state index < -0.39 is 10.0 Å². The fraction of sp³-hybridized carbons (Fsp3) is 0.296. The van der Waals surface area contributed by atoms with Gasteiger partial charge in [0.2, 0.25) is 0 Å². The predicted molar refractivity (Wildman–Crippen MR) is 135 cm³/mol. The summed E-state index contributed by atoms with van der Waals surface area (Å²) in [4.78, 5) is 15.4. The van der Waals surface area contributed by atoms with E-state index in [-0.39, 0.29) is 10.8 Å². The van der Waals surface area contributed by atoms with Crippen LogP contribution in [0.5, 0.6) is 0 Å². The number of carbonyl (C=O) groups is 1. The molecule has 1 heterocycles. The fourth-order valence-electron chi connectivity index (χ4n) is 4.16. The highest BCUT2D eigenvalue weighted by Crippen LogP contribution is 2.23. The molecule has 0 radical (unpaired) electrons. The van der Waals surface area contributed by atoms with Crippen LogP contribution >= 0.6 is 0 Å². The summed E-state index contributed by atoms with van der Waals surface area (Å²) in [7, 11) is -2.22. The lowest BCUT2D eigenvalue weighted by atomic mass is 10.1. The van der Waals surface area contributed by atoms with Crippen molar-refractivity contribution in [1.29, 1.82) is 0 Å². The van der Waals surface area contributed by atoms with Gasteiger partial charge in [-0.3, -0.25) is 14.0 Å². The van der Waals surface area contributed by atoms with Crippen molar-refractivity contribution in [2.45, 2.75) is 37.2 Å². The third-order valence-electron chi connectivity index (χ3n) is 6.20. The minimum atomic E-state index is -3.71. The lowest BCUT2D eigenvalue weighted by Gasteiger charge is -2.26. The van der Waals surface area contributed by atoms with Gasteiger partial charge in [-0.05, 0) is 67.4 Å². The first-order valence-corrected chi connectivity index (χ1v) is 13.1. The first-order valence-electron chi connectivity index (χ1n) is 11.7. The quantitative estimate of drug-likeness (QED) is 0.521. The van der Waals surface area contributed by atoms with E-state index in [9.17, 15) is 13.2 Å². The van der Waals surface area contributed by atoms with Crippen molar-refractivity contribution in [1.82, 2.24) is 10.2 Å². The molecule has 0 saturated carbocycles. The zero-order valence-electron chi connectivity index (χ0n) is 19.5. The van der Waals surface area contributed by atoms with Crippen molar-refractivity contribution in [2.75, 3.05) is 24.4 Å². The Morgan fingerprint density at radius 2 is 1.56 bits per heavy atom. The van der Waals surface area contributed by atoms with Gasteiger partial charge >= 0.3 is 0 Å². The van der Waals surface area contributed by atoms with Crippen LogP contribution in [0.4, 0.5) is 5.69 Å². The summed E-state index contributed by atoms with van der Waals surface area (Å²) in [5, 5.41) is 2.94.